The Balaban J connectivity index is 2.30. The van der Waals surface area contributed by atoms with Crippen molar-refractivity contribution in [3.8, 4) is 0 Å². The van der Waals surface area contributed by atoms with E-state index in [2.05, 4.69) is 37.9 Å². The lowest BCUT2D eigenvalue weighted by molar-refractivity contribution is -0.137. The average molecular weight is 240 g/mol. The molecule has 3 heteroatoms. The van der Waals surface area contributed by atoms with Crippen LogP contribution >= 0.6 is 0 Å². The maximum Gasteiger partial charge on any atom is 0.223 e. The highest BCUT2D eigenvalue weighted by atomic mass is 16.2. The minimum atomic E-state index is 0.343. The van der Waals surface area contributed by atoms with Gasteiger partial charge in [-0.2, -0.15) is 0 Å². The van der Waals surface area contributed by atoms with Crippen molar-refractivity contribution in [2.24, 2.45) is 0 Å². The molecule has 1 saturated heterocycles. The molecule has 1 fully saturated rings. The van der Waals surface area contributed by atoms with Gasteiger partial charge in [0.05, 0.1) is 0 Å². The van der Waals surface area contributed by atoms with Gasteiger partial charge in [0, 0.05) is 24.5 Å². The van der Waals surface area contributed by atoms with Crippen molar-refractivity contribution in [2.75, 3.05) is 6.54 Å². The first-order valence-corrected chi connectivity index (χ1v) is 7.07. The van der Waals surface area contributed by atoms with E-state index in [-0.39, 0.29) is 0 Å². The molecule has 1 aliphatic rings. The van der Waals surface area contributed by atoms with Crippen molar-refractivity contribution < 1.29 is 4.79 Å². The number of nitrogens with one attached hydrogen (secondary N) is 1. The molecule has 2 atom stereocenters. The second-order valence-electron chi connectivity index (χ2n) is 5.64. The predicted molar refractivity (Wildman–Crippen MR) is 72.0 cm³/mol. The summed E-state index contributed by atoms with van der Waals surface area (Å²) in [7, 11) is 0. The lowest BCUT2D eigenvalue weighted by Crippen LogP contribution is -2.47. The van der Waals surface area contributed by atoms with Gasteiger partial charge >= 0.3 is 0 Å². The van der Waals surface area contributed by atoms with Crippen molar-refractivity contribution in [3.63, 3.8) is 0 Å². The van der Waals surface area contributed by atoms with Crippen LogP contribution in [0.4, 0.5) is 0 Å². The summed E-state index contributed by atoms with van der Waals surface area (Å²) < 4.78 is 0. The number of carbonyl (C=O) groups excluding carboxylic acids is 1. The maximum absolute atomic E-state index is 12.2. The van der Waals surface area contributed by atoms with Gasteiger partial charge in [-0.15, -0.1) is 0 Å². The van der Waals surface area contributed by atoms with Crippen molar-refractivity contribution in [1.29, 1.82) is 0 Å². The molecular formula is C14H28N2O. The topological polar surface area (TPSA) is 32.3 Å². The third-order valence-electron chi connectivity index (χ3n) is 3.60. The zero-order valence-electron chi connectivity index (χ0n) is 11.8. The molecule has 0 saturated carbocycles. The van der Waals surface area contributed by atoms with E-state index in [1.807, 2.05) is 0 Å². The first-order valence-electron chi connectivity index (χ1n) is 7.07. The van der Waals surface area contributed by atoms with E-state index in [1.165, 1.54) is 19.3 Å². The number of rotatable bonds is 5. The minimum Gasteiger partial charge on any atom is -0.337 e. The quantitative estimate of drug-likeness (QED) is 0.749. The van der Waals surface area contributed by atoms with Gasteiger partial charge in [-0.25, -0.2) is 0 Å². The monoisotopic (exact) mass is 240 g/mol. The fourth-order valence-corrected chi connectivity index (χ4v) is 2.67. The second-order valence-corrected chi connectivity index (χ2v) is 5.64. The van der Waals surface area contributed by atoms with Gasteiger partial charge in [0.15, 0.2) is 0 Å². The first-order chi connectivity index (χ1) is 8.02. The van der Waals surface area contributed by atoms with Crippen LogP contribution < -0.4 is 5.32 Å². The molecule has 0 bridgehead atoms. The zero-order valence-corrected chi connectivity index (χ0v) is 11.8. The van der Waals surface area contributed by atoms with Crippen LogP contribution in [0.2, 0.25) is 0 Å². The SMILES string of the molecule is CC(C)NCCCC(=O)N1[C@H](C)CCC[C@@H]1C. The van der Waals surface area contributed by atoms with Gasteiger partial charge in [-0.1, -0.05) is 13.8 Å². The maximum atomic E-state index is 12.2. The molecule has 0 unspecified atom stereocenters. The van der Waals surface area contributed by atoms with Gasteiger partial charge in [-0.05, 0) is 46.1 Å². The summed E-state index contributed by atoms with van der Waals surface area (Å²) in [5.74, 6) is 0.343. The molecule has 3 nitrogen and oxygen atoms in total. The van der Waals surface area contributed by atoms with Crippen LogP contribution in [-0.2, 0) is 4.79 Å². The molecule has 0 spiro atoms. The number of hydrogen-bond acceptors (Lipinski definition) is 2. The normalized spacial score (nSPS) is 25.4. The average Bonchev–Trinajstić information content (AvgIpc) is 2.24. The van der Waals surface area contributed by atoms with Gasteiger partial charge in [0.1, 0.15) is 0 Å². The number of piperidine rings is 1. The number of likely N-dealkylation sites (tertiary alicyclic amines) is 1. The molecule has 0 radical (unpaired) electrons. The van der Waals surface area contributed by atoms with Crippen LogP contribution in [0.1, 0.15) is 59.8 Å². The number of hydrogen-bond donors (Lipinski definition) is 1. The summed E-state index contributed by atoms with van der Waals surface area (Å²) >= 11 is 0. The van der Waals surface area contributed by atoms with Gasteiger partial charge in [0.25, 0.3) is 0 Å². The summed E-state index contributed by atoms with van der Waals surface area (Å²) in [5.41, 5.74) is 0. The highest BCUT2D eigenvalue weighted by Gasteiger charge is 2.28. The Hall–Kier alpha value is -0.570. The molecule has 0 aliphatic carbocycles. The molecule has 1 N–H and O–H groups in total. The molecule has 1 aliphatic heterocycles. The first kappa shape index (κ1) is 14.5. The van der Waals surface area contributed by atoms with Crippen LogP contribution in [0.25, 0.3) is 0 Å². The number of carbonyl (C=O) groups is 1. The Morgan fingerprint density at radius 2 is 1.88 bits per heavy atom. The Bertz CT molecular complexity index is 230. The smallest absolute Gasteiger partial charge is 0.223 e. The van der Waals surface area contributed by atoms with Crippen molar-refractivity contribution in [2.45, 2.75) is 77.9 Å². The van der Waals surface area contributed by atoms with E-state index >= 15 is 0 Å². The van der Waals surface area contributed by atoms with Crippen LogP contribution in [0.5, 0.6) is 0 Å². The summed E-state index contributed by atoms with van der Waals surface area (Å²) in [5, 5.41) is 3.36. The minimum absolute atomic E-state index is 0.343. The fourth-order valence-electron chi connectivity index (χ4n) is 2.67. The van der Waals surface area contributed by atoms with E-state index in [4.69, 9.17) is 0 Å². The third-order valence-corrected chi connectivity index (χ3v) is 3.60. The molecule has 1 amide bonds. The third kappa shape index (κ3) is 4.66. The van der Waals surface area contributed by atoms with Gasteiger partial charge < -0.3 is 10.2 Å². The summed E-state index contributed by atoms with van der Waals surface area (Å²) in [6, 6.07) is 1.38. The largest absolute Gasteiger partial charge is 0.337 e. The van der Waals surface area contributed by atoms with Crippen molar-refractivity contribution >= 4 is 5.91 Å². The molecule has 100 valence electrons. The van der Waals surface area contributed by atoms with E-state index in [1.54, 1.807) is 0 Å². The molecule has 0 aromatic rings. The Kier molecular flexibility index (Phi) is 5.96. The van der Waals surface area contributed by atoms with E-state index < -0.39 is 0 Å². The van der Waals surface area contributed by atoms with Crippen molar-refractivity contribution in [3.05, 3.63) is 0 Å². The Labute approximate surface area is 106 Å². The summed E-state index contributed by atoms with van der Waals surface area (Å²) in [6.07, 6.45) is 5.24. The Morgan fingerprint density at radius 3 is 2.41 bits per heavy atom. The molecule has 1 heterocycles. The fraction of sp³-hybridized carbons (Fsp3) is 0.929. The standard InChI is InChI=1S/C14H28N2O/c1-11(2)15-10-6-9-14(17)16-12(3)7-5-8-13(16)4/h11-13,15H,5-10H2,1-4H3/t12-,13+. The molecule has 0 aromatic carbocycles. The molecule has 17 heavy (non-hydrogen) atoms. The lowest BCUT2D eigenvalue weighted by Gasteiger charge is -2.39. The molecular weight excluding hydrogens is 212 g/mol. The summed E-state index contributed by atoms with van der Waals surface area (Å²) in [6.45, 7) is 9.58. The highest BCUT2D eigenvalue weighted by Crippen LogP contribution is 2.23. The number of nitrogens with zero attached hydrogens (tertiary/aromatic N) is 1. The molecule has 0 aromatic heterocycles. The Morgan fingerprint density at radius 1 is 1.29 bits per heavy atom. The van der Waals surface area contributed by atoms with Gasteiger partial charge in [0.2, 0.25) is 5.91 Å². The van der Waals surface area contributed by atoms with Crippen LogP contribution in [0.3, 0.4) is 0 Å². The van der Waals surface area contributed by atoms with E-state index in [0.717, 1.165) is 13.0 Å². The second kappa shape index (κ2) is 7.00. The predicted octanol–water partition coefficient (Wildman–Crippen LogP) is 2.55. The molecule has 1 rings (SSSR count). The van der Waals surface area contributed by atoms with E-state index in [0.29, 0.717) is 30.5 Å². The summed E-state index contributed by atoms with van der Waals surface area (Å²) in [4.78, 5) is 14.3. The number of amides is 1. The van der Waals surface area contributed by atoms with Crippen molar-refractivity contribution in [1.82, 2.24) is 10.2 Å². The van der Waals surface area contributed by atoms with Gasteiger partial charge in [-0.3, -0.25) is 4.79 Å². The van der Waals surface area contributed by atoms with Crippen LogP contribution in [0.15, 0.2) is 0 Å². The van der Waals surface area contributed by atoms with Crippen LogP contribution in [-0.4, -0.2) is 35.5 Å². The van der Waals surface area contributed by atoms with E-state index in [9.17, 15) is 4.79 Å². The van der Waals surface area contributed by atoms with Crippen LogP contribution in [0, 0.1) is 0 Å². The lowest BCUT2D eigenvalue weighted by atomic mass is 9.97. The zero-order chi connectivity index (χ0) is 12.8. The highest BCUT2D eigenvalue weighted by molar-refractivity contribution is 5.76.